The van der Waals surface area contributed by atoms with Crippen molar-refractivity contribution in [1.82, 2.24) is 9.78 Å². The zero-order valence-electron chi connectivity index (χ0n) is 10.6. The first-order valence-electron chi connectivity index (χ1n) is 5.94. The van der Waals surface area contributed by atoms with E-state index in [0.717, 1.165) is 30.1 Å². The van der Waals surface area contributed by atoms with Crippen molar-refractivity contribution in [3.63, 3.8) is 0 Å². The zero-order chi connectivity index (χ0) is 12.8. The van der Waals surface area contributed by atoms with E-state index in [-0.39, 0.29) is 5.75 Å². The smallest absolute Gasteiger partial charge is 0.313 e. The van der Waals surface area contributed by atoms with Gasteiger partial charge in [0.15, 0.2) is 0 Å². The number of aliphatic carboxylic acids is 1. The lowest BCUT2D eigenvalue weighted by molar-refractivity contribution is -0.133. The number of carbonyl (C=O) groups is 1. The van der Waals surface area contributed by atoms with Gasteiger partial charge in [-0.15, -0.1) is 0 Å². The first-order chi connectivity index (χ1) is 8.02. The average molecular weight is 256 g/mol. The summed E-state index contributed by atoms with van der Waals surface area (Å²) in [5.41, 5.74) is 1.06. The second kappa shape index (κ2) is 6.69. The number of rotatable bonds is 7. The minimum atomic E-state index is -0.787. The van der Waals surface area contributed by atoms with Gasteiger partial charge in [-0.05, 0) is 24.8 Å². The summed E-state index contributed by atoms with van der Waals surface area (Å²) in [5.74, 6) is -0.127. The van der Waals surface area contributed by atoms with Crippen LogP contribution in [-0.4, -0.2) is 26.6 Å². The summed E-state index contributed by atoms with van der Waals surface area (Å²) in [5, 5.41) is 14.2. The van der Waals surface area contributed by atoms with Gasteiger partial charge in [0.05, 0.1) is 16.5 Å². The highest BCUT2D eigenvalue weighted by Crippen LogP contribution is 2.21. The van der Waals surface area contributed by atoms with E-state index in [1.54, 1.807) is 0 Å². The fraction of sp³-hybridized carbons (Fsp3) is 0.667. The highest BCUT2D eigenvalue weighted by atomic mass is 32.2. The Morgan fingerprint density at radius 3 is 2.82 bits per heavy atom. The quantitative estimate of drug-likeness (QED) is 0.762. The van der Waals surface area contributed by atoms with Gasteiger partial charge in [0, 0.05) is 6.54 Å². The molecule has 0 saturated carbocycles. The van der Waals surface area contributed by atoms with Crippen molar-refractivity contribution in [2.75, 3.05) is 5.75 Å². The molecule has 1 heterocycles. The Balaban J connectivity index is 2.76. The van der Waals surface area contributed by atoms with Crippen molar-refractivity contribution < 1.29 is 9.90 Å². The Hall–Kier alpha value is -0.970. The van der Waals surface area contributed by atoms with Crippen LogP contribution >= 0.6 is 11.8 Å². The van der Waals surface area contributed by atoms with Crippen molar-refractivity contribution in [3.8, 4) is 0 Å². The summed E-state index contributed by atoms with van der Waals surface area (Å²) in [6.45, 7) is 7.25. The lowest BCUT2D eigenvalue weighted by Crippen LogP contribution is -2.04. The zero-order valence-corrected chi connectivity index (χ0v) is 11.5. The highest BCUT2D eigenvalue weighted by molar-refractivity contribution is 7.99. The molecule has 5 heteroatoms. The number of thioether (sulfide) groups is 1. The third kappa shape index (κ3) is 4.81. The molecule has 1 N–H and O–H groups in total. The number of aromatic nitrogens is 2. The van der Waals surface area contributed by atoms with Gasteiger partial charge < -0.3 is 5.11 Å². The second-order valence-electron chi connectivity index (χ2n) is 4.48. The van der Waals surface area contributed by atoms with Crippen LogP contribution in [0.3, 0.4) is 0 Å². The molecule has 0 aliphatic carbocycles. The molecule has 0 amide bonds. The van der Waals surface area contributed by atoms with Gasteiger partial charge in [-0.1, -0.05) is 32.5 Å². The maximum absolute atomic E-state index is 10.6. The summed E-state index contributed by atoms with van der Waals surface area (Å²) >= 11 is 1.34. The van der Waals surface area contributed by atoms with Crippen molar-refractivity contribution >= 4 is 17.7 Å². The van der Waals surface area contributed by atoms with E-state index in [1.165, 1.54) is 11.8 Å². The van der Waals surface area contributed by atoms with Crippen LogP contribution in [0.4, 0.5) is 0 Å². The molecule has 0 aliphatic heterocycles. The van der Waals surface area contributed by atoms with Crippen LogP contribution in [0.1, 0.15) is 32.9 Å². The van der Waals surface area contributed by atoms with Crippen LogP contribution in [-0.2, 0) is 17.8 Å². The third-order valence-corrected chi connectivity index (χ3v) is 3.21. The molecule has 4 nitrogen and oxygen atoms in total. The van der Waals surface area contributed by atoms with E-state index in [2.05, 4.69) is 25.9 Å². The Morgan fingerprint density at radius 2 is 2.29 bits per heavy atom. The molecular formula is C12H20N2O2S. The van der Waals surface area contributed by atoms with Crippen LogP contribution < -0.4 is 0 Å². The number of nitrogens with zero attached hydrogens (tertiary/aromatic N) is 2. The molecule has 0 unspecified atom stereocenters. The number of carboxylic acid groups (broad SMARTS) is 1. The molecule has 0 atom stereocenters. The van der Waals surface area contributed by atoms with Crippen molar-refractivity contribution in [2.45, 2.75) is 45.2 Å². The predicted molar refractivity (Wildman–Crippen MR) is 69.4 cm³/mol. The minimum absolute atomic E-state index is 0.0938. The van der Waals surface area contributed by atoms with Crippen LogP contribution in [0.15, 0.2) is 11.1 Å². The standard InChI is InChI=1S/C12H20N2O2S/c1-4-5-14-11(17-8-12(15)16)7-10(13-14)6-9(2)3/h7,9H,4-6,8H2,1-3H3,(H,15,16). The topological polar surface area (TPSA) is 55.1 Å². The van der Waals surface area contributed by atoms with Gasteiger partial charge in [-0.25, -0.2) is 0 Å². The van der Waals surface area contributed by atoms with E-state index < -0.39 is 5.97 Å². The summed E-state index contributed by atoms with van der Waals surface area (Å²) in [4.78, 5) is 10.6. The fourth-order valence-electron chi connectivity index (χ4n) is 1.59. The fourth-order valence-corrected chi connectivity index (χ4v) is 2.36. The van der Waals surface area contributed by atoms with E-state index in [4.69, 9.17) is 5.11 Å². The molecule has 1 aromatic rings. The third-order valence-electron chi connectivity index (χ3n) is 2.19. The number of carboxylic acids is 1. The number of aryl methyl sites for hydroxylation is 1. The maximum atomic E-state index is 10.6. The summed E-state index contributed by atoms with van der Waals surface area (Å²) in [6, 6.07) is 2.02. The van der Waals surface area contributed by atoms with Gasteiger partial charge >= 0.3 is 5.97 Å². The highest BCUT2D eigenvalue weighted by Gasteiger charge is 2.10. The largest absolute Gasteiger partial charge is 0.481 e. The number of hydrogen-bond donors (Lipinski definition) is 1. The Labute approximate surface area is 106 Å². The average Bonchev–Trinajstić information content (AvgIpc) is 2.57. The summed E-state index contributed by atoms with van der Waals surface area (Å²) < 4.78 is 1.92. The van der Waals surface area contributed by atoms with E-state index in [0.29, 0.717) is 5.92 Å². The van der Waals surface area contributed by atoms with Crippen LogP contribution in [0.2, 0.25) is 0 Å². The van der Waals surface area contributed by atoms with E-state index in [9.17, 15) is 4.79 Å². The Bertz CT molecular complexity index is 375. The van der Waals surface area contributed by atoms with Crippen LogP contribution in [0, 0.1) is 5.92 Å². The summed E-state index contributed by atoms with van der Waals surface area (Å²) in [7, 11) is 0. The van der Waals surface area contributed by atoms with Crippen LogP contribution in [0.5, 0.6) is 0 Å². The monoisotopic (exact) mass is 256 g/mol. The number of hydrogen-bond acceptors (Lipinski definition) is 3. The van der Waals surface area contributed by atoms with Gasteiger partial charge in [0.2, 0.25) is 0 Å². The molecule has 0 spiro atoms. The van der Waals surface area contributed by atoms with E-state index in [1.807, 2.05) is 10.7 Å². The van der Waals surface area contributed by atoms with Gasteiger partial charge in [0.25, 0.3) is 0 Å². The van der Waals surface area contributed by atoms with Crippen molar-refractivity contribution in [2.24, 2.45) is 5.92 Å². The van der Waals surface area contributed by atoms with Crippen molar-refractivity contribution in [1.29, 1.82) is 0 Å². The SMILES string of the molecule is CCCn1nc(CC(C)C)cc1SCC(=O)O. The lowest BCUT2D eigenvalue weighted by atomic mass is 10.1. The first kappa shape index (κ1) is 14.1. The summed E-state index contributed by atoms with van der Waals surface area (Å²) in [6.07, 6.45) is 1.95. The minimum Gasteiger partial charge on any atom is -0.481 e. The van der Waals surface area contributed by atoms with Crippen molar-refractivity contribution in [3.05, 3.63) is 11.8 Å². The normalized spacial score (nSPS) is 11.1. The second-order valence-corrected chi connectivity index (χ2v) is 5.47. The molecule has 0 aromatic carbocycles. The maximum Gasteiger partial charge on any atom is 0.313 e. The molecule has 1 rings (SSSR count). The predicted octanol–water partition coefficient (Wildman–Crippen LogP) is 2.67. The lowest BCUT2D eigenvalue weighted by Gasteiger charge is -2.03. The van der Waals surface area contributed by atoms with Gasteiger partial charge in [0.1, 0.15) is 0 Å². The molecule has 0 bridgehead atoms. The molecule has 0 saturated heterocycles. The first-order valence-corrected chi connectivity index (χ1v) is 6.92. The molecule has 0 aliphatic rings. The van der Waals surface area contributed by atoms with E-state index >= 15 is 0 Å². The molecule has 0 radical (unpaired) electrons. The molecule has 96 valence electrons. The Kier molecular flexibility index (Phi) is 5.55. The molecule has 1 aromatic heterocycles. The van der Waals surface area contributed by atoms with Gasteiger partial charge in [-0.3, -0.25) is 9.48 Å². The molecule has 0 fully saturated rings. The van der Waals surface area contributed by atoms with Crippen LogP contribution in [0.25, 0.3) is 0 Å². The molecule has 17 heavy (non-hydrogen) atoms. The Morgan fingerprint density at radius 1 is 1.59 bits per heavy atom. The van der Waals surface area contributed by atoms with Gasteiger partial charge in [-0.2, -0.15) is 5.10 Å². The molecular weight excluding hydrogens is 236 g/mol.